The minimum atomic E-state index is -2.63. The van der Waals surface area contributed by atoms with Crippen molar-refractivity contribution in [3.8, 4) is 5.75 Å². The molecule has 1 N–H and O–H groups in total. The SMILES string of the molecule is CCO[Si](CCCNC(=O)CCCCCOc1ccc(N=Nc2ccccc2)cc1)(OCC)OCC. The number of rotatable bonds is 19. The molecule has 2 aromatic carbocycles. The zero-order valence-corrected chi connectivity index (χ0v) is 22.9. The molecule has 1 amide bonds. The minimum Gasteiger partial charge on any atom is -0.494 e. The number of nitrogens with zero attached hydrogens (tertiary/aromatic N) is 2. The van der Waals surface area contributed by atoms with Gasteiger partial charge in [0.15, 0.2) is 0 Å². The van der Waals surface area contributed by atoms with Gasteiger partial charge in [0.2, 0.25) is 5.91 Å². The first kappa shape index (κ1) is 29.6. The van der Waals surface area contributed by atoms with E-state index in [1.807, 2.05) is 75.4 Å². The highest BCUT2D eigenvalue weighted by Gasteiger charge is 2.39. The Hall–Kier alpha value is -2.59. The fourth-order valence-electron chi connectivity index (χ4n) is 3.60. The van der Waals surface area contributed by atoms with E-state index in [0.29, 0.717) is 45.4 Å². The molecule has 8 nitrogen and oxygen atoms in total. The van der Waals surface area contributed by atoms with Crippen LogP contribution in [-0.2, 0) is 18.1 Å². The maximum atomic E-state index is 12.1. The zero-order valence-electron chi connectivity index (χ0n) is 21.9. The largest absolute Gasteiger partial charge is 0.500 e. The van der Waals surface area contributed by atoms with Gasteiger partial charge >= 0.3 is 8.80 Å². The average Bonchev–Trinajstić information content (AvgIpc) is 2.89. The van der Waals surface area contributed by atoms with E-state index >= 15 is 0 Å². The lowest BCUT2D eigenvalue weighted by Gasteiger charge is -2.28. The predicted octanol–water partition coefficient (Wildman–Crippen LogP) is 6.60. The van der Waals surface area contributed by atoms with Crippen LogP contribution in [0.1, 0.15) is 52.9 Å². The highest BCUT2D eigenvalue weighted by atomic mass is 28.4. The third-order valence-corrected chi connectivity index (χ3v) is 8.42. The van der Waals surface area contributed by atoms with Crippen molar-refractivity contribution in [1.29, 1.82) is 0 Å². The molecule has 198 valence electrons. The topological polar surface area (TPSA) is 90.7 Å². The molecule has 0 saturated heterocycles. The minimum absolute atomic E-state index is 0.0765. The number of hydrogen-bond donors (Lipinski definition) is 1. The third-order valence-electron chi connectivity index (χ3n) is 5.27. The van der Waals surface area contributed by atoms with Gasteiger partial charge in [-0.05, 0) is 82.9 Å². The van der Waals surface area contributed by atoms with Gasteiger partial charge in [0.05, 0.1) is 18.0 Å². The van der Waals surface area contributed by atoms with Crippen molar-refractivity contribution < 1.29 is 22.8 Å². The lowest BCUT2D eigenvalue weighted by atomic mass is 10.2. The van der Waals surface area contributed by atoms with Crippen LogP contribution in [0.4, 0.5) is 11.4 Å². The number of hydrogen-bond acceptors (Lipinski definition) is 7. The molecular weight excluding hydrogens is 474 g/mol. The van der Waals surface area contributed by atoms with Crippen LogP contribution >= 0.6 is 0 Å². The van der Waals surface area contributed by atoms with E-state index in [1.165, 1.54) is 0 Å². The molecular formula is C27H41N3O5Si. The van der Waals surface area contributed by atoms with Crippen molar-refractivity contribution in [2.75, 3.05) is 33.0 Å². The van der Waals surface area contributed by atoms with Crippen LogP contribution in [0.2, 0.25) is 6.04 Å². The molecule has 2 aromatic rings. The third kappa shape index (κ3) is 11.9. The van der Waals surface area contributed by atoms with Gasteiger partial charge in [0.25, 0.3) is 0 Å². The van der Waals surface area contributed by atoms with Crippen LogP contribution in [0.3, 0.4) is 0 Å². The summed E-state index contributed by atoms with van der Waals surface area (Å²) in [6, 6.07) is 17.9. The number of ether oxygens (including phenoxy) is 1. The predicted molar refractivity (Wildman–Crippen MR) is 144 cm³/mol. The van der Waals surface area contributed by atoms with Gasteiger partial charge in [-0.1, -0.05) is 18.2 Å². The fourth-order valence-corrected chi connectivity index (χ4v) is 6.21. The number of carbonyl (C=O) groups excluding carboxylic acids is 1. The first-order valence-electron chi connectivity index (χ1n) is 13.0. The molecule has 0 radical (unpaired) electrons. The maximum Gasteiger partial charge on any atom is 0.500 e. The van der Waals surface area contributed by atoms with Crippen LogP contribution in [0.5, 0.6) is 5.75 Å². The van der Waals surface area contributed by atoms with Crippen LogP contribution < -0.4 is 10.1 Å². The van der Waals surface area contributed by atoms with E-state index in [1.54, 1.807) is 0 Å². The normalized spacial score (nSPS) is 11.6. The standard InChI is InChI=1S/C27H41N3O5Si/c1-4-33-36(34-5-2,35-6-3)23-13-21-28-27(31)16-11-8-12-22-32-26-19-17-25(18-20-26)30-29-24-14-9-7-10-15-24/h7,9-10,14-15,17-20H,4-6,8,11-13,16,21-23H2,1-3H3,(H,28,31). The first-order valence-corrected chi connectivity index (χ1v) is 14.9. The average molecular weight is 516 g/mol. The van der Waals surface area contributed by atoms with E-state index in [0.717, 1.165) is 42.8 Å². The van der Waals surface area contributed by atoms with E-state index in [9.17, 15) is 4.79 Å². The molecule has 0 atom stereocenters. The Morgan fingerprint density at radius 2 is 1.39 bits per heavy atom. The van der Waals surface area contributed by atoms with Gasteiger partial charge in [0, 0.05) is 38.8 Å². The molecule has 0 spiro atoms. The summed E-state index contributed by atoms with van der Waals surface area (Å²) in [6.45, 7) is 8.75. The van der Waals surface area contributed by atoms with Gasteiger partial charge in [-0.15, -0.1) is 0 Å². The Morgan fingerprint density at radius 1 is 0.778 bits per heavy atom. The van der Waals surface area contributed by atoms with E-state index in [2.05, 4.69) is 15.5 Å². The maximum absolute atomic E-state index is 12.1. The van der Waals surface area contributed by atoms with E-state index in [-0.39, 0.29) is 5.91 Å². The molecule has 0 unspecified atom stereocenters. The molecule has 0 aromatic heterocycles. The molecule has 0 aliphatic heterocycles. The quantitative estimate of drug-likeness (QED) is 0.129. The van der Waals surface area contributed by atoms with Gasteiger partial charge in [-0.25, -0.2) is 0 Å². The van der Waals surface area contributed by atoms with Crippen molar-refractivity contribution in [3.05, 3.63) is 54.6 Å². The van der Waals surface area contributed by atoms with Crippen LogP contribution in [0.25, 0.3) is 0 Å². The number of carbonyl (C=O) groups is 1. The summed E-state index contributed by atoms with van der Waals surface area (Å²) in [5.41, 5.74) is 1.60. The molecule has 0 fully saturated rings. The Bertz CT molecular complexity index is 864. The Kier molecular flexibility index (Phi) is 14.6. The number of azo groups is 1. The first-order chi connectivity index (χ1) is 17.6. The number of nitrogens with one attached hydrogen (secondary N) is 1. The highest BCUT2D eigenvalue weighted by Crippen LogP contribution is 2.21. The number of unbranched alkanes of at least 4 members (excludes halogenated alkanes) is 2. The van der Waals surface area contributed by atoms with Gasteiger partial charge < -0.3 is 23.3 Å². The van der Waals surface area contributed by atoms with Crippen molar-refractivity contribution >= 4 is 26.1 Å². The molecule has 0 aliphatic carbocycles. The molecule has 36 heavy (non-hydrogen) atoms. The van der Waals surface area contributed by atoms with Crippen molar-refractivity contribution in [2.45, 2.75) is 58.9 Å². The van der Waals surface area contributed by atoms with Gasteiger partial charge in [-0.3, -0.25) is 4.79 Å². The summed E-state index contributed by atoms with van der Waals surface area (Å²) < 4.78 is 23.3. The summed E-state index contributed by atoms with van der Waals surface area (Å²) in [5, 5.41) is 11.4. The molecule has 0 bridgehead atoms. The van der Waals surface area contributed by atoms with Crippen LogP contribution in [-0.4, -0.2) is 47.7 Å². The summed E-state index contributed by atoms with van der Waals surface area (Å²) in [6.07, 6.45) is 3.97. The Labute approximate surface area is 216 Å². The highest BCUT2D eigenvalue weighted by molar-refractivity contribution is 6.60. The summed E-state index contributed by atoms with van der Waals surface area (Å²) >= 11 is 0. The summed E-state index contributed by atoms with van der Waals surface area (Å²) in [5.74, 6) is 0.879. The number of amides is 1. The summed E-state index contributed by atoms with van der Waals surface area (Å²) in [7, 11) is -2.63. The summed E-state index contributed by atoms with van der Waals surface area (Å²) in [4.78, 5) is 12.1. The lowest BCUT2D eigenvalue weighted by Crippen LogP contribution is -2.46. The second-order valence-corrected chi connectivity index (χ2v) is 10.9. The second-order valence-electron chi connectivity index (χ2n) is 8.12. The molecule has 0 heterocycles. The van der Waals surface area contributed by atoms with Crippen LogP contribution in [0.15, 0.2) is 64.8 Å². The molecule has 2 rings (SSSR count). The fraction of sp³-hybridized carbons (Fsp3) is 0.519. The van der Waals surface area contributed by atoms with Gasteiger partial charge in [0.1, 0.15) is 5.75 Å². The molecule has 9 heteroatoms. The van der Waals surface area contributed by atoms with Gasteiger partial charge in [-0.2, -0.15) is 10.2 Å². The van der Waals surface area contributed by atoms with E-state index < -0.39 is 8.80 Å². The van der Waals surface area contributed by atoms with E-state index in [4.69, 9.17) is 18.0 Å². The molecule has 0 aliphatic rings. The zero-order chi connectivity index (χ0) is 25.9. The Balaban J connectivity index is 1.55. The second kappa shape index (κ2) is 17.8. The lowest BCUT2D eigenvalue weighted by molar-refractivity contribution is -0.121. The van der Waals surface area contributed by atoms with Crippen molar-refractivity contribution in [1.82, 2.24) is 5.32 Å². The smallest absolute Gasteiger partial charge is 0.494 e. The molecule has 0 saturated carbocycles. The van der Waals surface area contributed by atoms with Crippen molar-refractivity contribution in [2.24, 2.45) is 10.2 Å². The number of benzene rings is 2. The Morgan fingerprint density at radius 3 is 2.00 bits per heavy atom. The van der Waals surface area contributed by atoms with Crippen molar-refractivity contribution in [3.63, 3.8) is 0 Å². The van der Waals surface area contributed by atoms with Crippen LogP contribution in [0, 0.1) is 0 Å². The monoisotopic (exact) mass is 515 g/mol.